The van der Waals surface area contributed by atoms with Crippen molar-refractivity contribution in [1.82, 2.24) is 0 Å². The summed E-state index contributed by atoms with van der Waals surface area (Å²) in [6.07, 6.45) is 4.59. The second kappa shape index (κ2) is 18.3. The summed E-state index contributed by atoms with van der Waals surface area (Å²) in [4.78, 5) is 7.99. The number of thiophene rings is 1. The average Bonchev–Trinajstić information content (AvgIpc) is 1.68. The van der Waals surface area contributed by atoms with Crippen LogP contribution in [0.3, 0.4) is 0 Å². The summed E-state index contributed by atoms with van der Waals surface area (Å²) in [5.41, 5.74) is 26.4. The second-order valence-electron chi connectivity index (χ2n) is 30.3. The van der Waals surface area contributed by atoms with Crippen LogP contribution in [-0.4, -0.2) is 6.85 Å². The van der Waals surface area contributed by atoms with E-state index in [1.54, 1.807) is 0 Å². The summed E-state index contributed by atoms with van der Waals surface area (Å²) >= 11 is 1.95. The third-order valence-corrected chi connectivity index (χ3v) is 22.0. The largest absolute Gasteiger partial charge is 0.456 e. The van der Waals surface area contributed by atoms with Crippen molar-refractivity contribution >= 4 is 117 Å². The standard InChI is InChI=1S/C79H80BN3OS/c1-47-42-58-60(79(14,15)41-40-77(58,10)11)46-64(47)82-62-35-33-52(81(50-28-24-48(25-29-50)74(2,3)4)51-30-26-49(27-31-51)75(5,6)7)44-61(62)80-72-65(82)45-56-54-20-17-19-23-68(54)85-73(56)71(72)70-63(36-37-67-69(70)55-21-16-18-22-66(55)84-67)83(80)53-32-34-57-59(43-53)78(12,13)39-38-76(57,8)9/h16-37,42-46H,38-41H2,1-15H3. The molecule has 4 heterocycles. The number of furan rings is 1. The Bertz CT molecular complexity index is 4540. The third kappa shape index (κ3) is 8.19. The number of aryl methyl sites for hydroxylation is 1. The van der Waals surface area contributed by atoms with Crippen LogP contribution in [0.1, 0.15) is 162 Å². The molecule has 2 aliphatic heterocycles. The first-order valence-corrected chi connectivity index (χ1v) is 32.1. The van der Waals surface area contributed by atoms with Crippen molar-refractivity contribution in [3.05, 3.63) is 203 Å². The first-order valence-electron chi connectivity index (χ1n) is 31.3. The number of fused-ring (bicyclic) bond motifs is 14. The van der Waals surface area contributed by atoms with Gasteiger partial charge in [0.2, 0.25) is 0 Å². The Kier molecular flexibility index (Phi) is 11.6. The van der Waals surface area contributed by atoms with E-state index in [-0.39, 0.29) is 39.3 Å². The van der Waals surface area contributed by atoms with Crippen LogP contribution in [0.25, 0.3) is 53.2 Å². The molecule has 0 spiro atoms. The fourth-order valence-corrected chi connectivity index (χ4v) is 16.8. The van der Waals surface area contributed by atoms with Gasteiger partial charge in [0.1, 0.15) is 11.2 Å². The number of hydrogen-bond donors (Lipinski definition) is 0. The second-order valence-corrected chi connectivity index (χ2v) is 31.4. The highest BCUT2D eigenvalue weighted by atomic mass is 32.1. The van der Waals surface area contributed by atoms with E-state index in [4.69, 9.17) is 4.42 Å². The molecule has 4 nitrogen and oxygen atoms in total. The Morgan fingerprint density at radius 3 is 1.66 bits per heavy atom. The predicted octanol–water partition coefficient (Wildman–Crippen LogP) is 21.7. The fourth-order valence-electron chi connectivity index (χ4n) is 15.5. The maximum absolute atomic E-state index is 6.97. The maximum Gasteiger partial charge on any atom is 0.333 e. The monoisotopic (exact) mass is 1130 g/mol. The van der Waals surface area contributed by atoms with Crippen LogP contribution in [-0.2, 0) is 32.5 Å². The van der Waals surface area contributed by atoms with Crippen molar-refractivity contribution in [2.24, 2.45) is 0 Å². The molecule has 6 heteroatoms. The van der Waals surface area contributed by atoms with Gasteiger partial charge in [-0.1, -0.05) is 170 Å². The zero-order chi connectivity index (χ0) is 59.2. The number of hydrogen-bond acceptors (Lipinski definition) is 5. The lowest BCUT2D eigenvalue weighted by Gasteiger charge is -2.48. The van der Waals surface area contributed by atoms with Crippen molar-refractivity contribution in [2.75, 3.05) is 14.6 Å². The van der Waals surface area contributed by atoms with Crippen molar-refractivity contribution in [3.63, 3.8) is 0 Å². The number of benzene rings is 9. The lowest BCUT2D eigenvalue weighted by Crippen LogP contribution is -2.61. The van der Waals surface area contributed by atoms with Crippen LogP contribution in [0.4, 0.5) is 45.5 Å². The molecule has 0 radical (unpaired) electrons. The Morgan fingerprint density at radius 2 is 1.02 bits per heavy atom. The van der Waals surface area contributed by atoms with Crippen LogP contribution in [0.2, 0.25) is 0 Å². The summed E-state index contributed by atoms with van der Waals surface area (Å²) in [5.74, 6) is 0. The quantitative estimate of drug-likeness (QED) is 0.160. The molecule has 9 aromatic carbocycles. The van der Waals surface area contributed by atoms with E-state index in [2.05, 4.69) is 282 Å². The Hall–Kier alpha value is -7.54. The molecule has 2 aliphatic carbocycles. The zero-order valence-electron chi connectivity index (χ0n) is 52.7. The van der Waals surface area contributed by atoms with Gasteiger partial charge in [-0.3, -0.25) is 0 Å². The summed E-state index contributed by atoms with van der Waals surface area (Å²) < 4.78 is 9.58. The van der Waals surface area contributed by atoms with Gasteiger partial charge in [-0.05, 0) is 206 Å². The molecule has 4 aliphatic rings. The van der Waals surface area contributed by atoms with Gasteiger partial charge in [0.05, 0.1) is 0 Å². The molecule has 0 bridgehead atoms. The van der Waals surface area contributed by atoms with E-state index >= 15 is 0 Å². The lowest BCUT2D eigenvalue weighted by atomic mass is 9.43. The van der Waals surface area contributed by atoms with Gasteiger partial charge in [-0.15, -0.1) is 11.3 Å². The highest BCUT2D eigenvalue weighted by molar-refractivity contribution is 7.26. The zero-order valence-corrected chi connectivity index (χ0v) is 53.5. The first-order chi connectivity index (χ1) is 40.3. The molecule has 2 aromatic heterocycles. The lowest BCUT2D eigenvalue weighted by molar-refractivity contribution is 0.332. The average molecular weight is 1130 g/mol. The minimum atomic E-state index is -0.242. The molecule has 0 atom stereocenters. The molecule has 0 unspecified atom stereocenters. The van der Waals surface area contributed by atoms with Gasteiger partial charge in [0, 0.05) is 87.6 Å². The van der Waals surface area contributed by atoms with Crippen LogP contribution < -0.4 is 25.5 Å². The topological polar surface area (TPSA) is 22.9 Å². The van der Waals surface area contributed by atoms with Crippen molar-refractivity contribution in [2.45, 2.75) is 162 Å². The van der Waals surface area contributed by atoms with Gasteiger partial charge in [0.25, 0.3) is 0 Å². The predicted molar refractivity (Wildman–Crippen MR) is 368 cm³/mol. The molecule has 11 aromatic rings. The summed E-state index contributed by atoms with van der Waals surface area (Å²) in [6.45, 7) is 35.7. The molecule has 0 amide bonds. The van der Waals surface area contributed by atoms with Gasteiger partial charge < -0.3 is 19.0 Å². The molecular weight excluding hydrogens is 1050 g/mol. The van der Waals surface area contributed by atoms with Crippen LogP contribution in [0.15, 0.2) is 168 Å². The summed E-state index contributed by atoms with van der Waals surface area (Å²) in [7, 11) is 0. The summed E-state index contributed by atoms with van der Waals surface area (Å²) in [6, 6.07) is 64.1. The molecule has 0 saturated carbocycles. The van der Waals surface area contributed by atoms with E-state index in [9.17, 15) is 0 Å². The maximum atomic E-state index is 6.97. The van der Waals surface area contributed by atoms with Gasteiger partial charge in [-0.2, -0.15) is 0 Å². The Labute approximate surface area is 508 Å². The van der Waals surface area contributed by atoms with Crippen LogP contribution >= 0.6 is 11.3 Å². The number of para-hydroxylation sites is 1. The van der Waals surface area contributed by atoms with E-state index in [0.717, 1.165) is 59.3 Å². The fraction of sp³-hybridized carbons (Fsp3) is 0.316. The number of anilines is 8. The van der Waals surface area contributed by atoms with Gasteiger partial charge in [0.15, 0.2) is 0 Å². The van der Waals surface area contributed by atoms with Crippen molar-refractivity contribution in [1.29, 1.82) is 0 Å². The van der Waals surface area contributed by atoms with E-state index < -0.39 is 0 Å². The summed E-state index contributed by atoms with van der Waals surface area (Å²) in [5, 5.41) is 4.90. The highest BCUT2D eigenvalue weighted by Gasteiger charge is 2.49. The molecule has 0 saturated heterocycles. The molecule has 85 heavy (non-hydrogen) atoms. The smallest absolute Gasteiger partial charge is 0.333 e. The Morgan fingerprint density at radius 1 is 0.471 bits per heavy atom. The highest BCUT2D eigenvalue weighted by Crippen LogP contribution is 2.58. The van der Waals surface area contributed by atoms with Gasteiger partial charge >= 0.3 is 6.85 Å². The van der Waals surface area contributed by atoms with E-state index in [1.165, 1.54) is 115 Å². The minimum Gasteiger partial charge on any atom is -0.456 e. The molecule has 426 valence electrons. The normalized spacial score (nSPS) is 17.2. The number of nitrogens with zero attached hydrogens (tertiary/aromatic N) is 3. The van der Waals surface area contributed by atoms with Crippen LogP contribution in [0, 0.1) is 6.92 Å². The van der Waals surface area contributed by atoms with E-state index in [0.29, 0.717) is 0 Å². The first kappa shape index (κ1) is 54.1. The number of rotatable bonds is 5. The minimum absolute atomic E-state index is 0.00465. The van der Waals surface area contributed by atoms with Crippen molar-refractivity contribution in [3.8, 4) is 11.1 Å². The van der Waals surface area contributed by atoms with Crippen LogP contribution in [0.5, 0.6) is 0 Å². The van der Waals surface area contributed by atoms with Gasteiger partial charge in [-0.25, -0.2) is 0 Å². The third-order valence-electron chi connectivity index (χ3n) is 20.8. The van der Waals surface area contributed by atoms with Crippen molar-refractivity contribution < 1.29 is 4.42 Å². The SMILES string of the molecule is Cc1cc2c(cc1N1c3ccc(N(c4ccc(C(C)(C)C)cc4)c4ccc(C(C)(C)C)cc4)cc3B3c4c1cc1c(sc5ccccc51)c4-c1c(ccc4oc5ccccc5c14)N3c1ccc3c(c1)C(C)(C)CCC3(C)C)C(C)(C)CCC2(C)C. The molecule has 0 fully saturated rings. The molecular formula is C79H80BN3OS. The molecule has 0 N–H and O–H groups in total. The van der Waals surface area contributed by atoms with E-state index in [1.807, 2.05) is 11.3 Å². The molecule has 15 rings (SSSR count). The Balaban J connectivity index is 1.10.